The number of rotatable bonds is 5. The molecule has 4 heteroatoms. The van der Waals surface area contributed by atoms with Crippen LogP contribution >= 0.6 is 11.6 Å². The third-order valence-corrected chi connectivity index (χ3v) is 4.03. The van der Waals surface area contributed by atoms with Gasteiger partial charge in [-0.3, -0.25) is 0 Å². The highest BCUT2D eigenvalue weighted by Gasteiger charge is 2.35. The molecule has 1 aromatic carbocycles. The molecule has 0 heterocycles. The third-order valence-electron chi connectivity index (χ3n) is 3.62. The molecule has 0 saturated heterocycles. The van der Waals surface area contributed by atoms with Crippen molar-refractivity contribution < 1.29 is 9.76 Å². The van der Waals surface area contributed by atoms with Crippen molar-refractivity contribution in [3.05, 3.63) is 40.3 Å². The molecule has 1 aromatic rings. The van der Waals surface area contributed by atoms with Crippen LogP contribution in [0.3, 0.4) is 0 Å². The van der Waals surface area contributed by atoms with Crippen LogP contribution in [0.1, 0.15) is 38.8 Å². The van der Waals surface area contributed by atoms with Crippen LogP contribution in [0.25, 0.3) is 6.08 Å². The summed E-state index contributed by atoms with van der Waals surface area (Å²) in [7, 11) is 0.447. The van der Waals surface area contributed by atoms with Crippen molar-refractivity contribution in [2.75, 3.05) is 0 Å². The van der Waals surface area contributed by atoms with Crippen molar-refractivity contribution in [2.24, 2.45) is 0 Å². The smallest absolute Gasteiger partial charge is 0.302 e. The molecule has 0 unspecified atom stereocenters. The van der Waals surface area contributed by atoms with Crippen LogP contribution in [0.15, 0.2) is 24.2 Å². The molecule has 1 rings (SSSR count). The zero-order chi connectivity index (χ0) is 14.7. The fraction of sp³-hybridized carbons (Fsp3) is 0.467. The predicted molar refractivity (Wildman–Crippen MR) is 83.8 cm³/mol. The molecule has 104 valence electrons. The maximum Gasteiger partial charge on any atom is 0.302 e. The topological polar surface area (TPSA) is 29.5 Å². The summed E-state index contributed by atoms with van der Waals surface area (Å²) in [6, 6.07) is 5.82. The first-order valence-corrected chi connectivity index (χ1v) is 6.81. The Hall–Kier alpha value is -0.765. The van der Waals surface area contributed by atoms with Crippen molar-refractivity contribution >= 4 is 25.2 Å². The van der Waals surface area contributed by atoms with Gasteiger partial charge in [0.15, 0.2) is 0 Å². The molecular formula is C15H22BClO2. The molecule has 0 spiro atoms. The Morgan fingerprint density at radius 2 is 1.89 bits per heavy atom. The maximum absolute atomic E-state index is 9.98. The van der Waals surface area contributed by atoms with E-state index < -0.39 is 11.2 Å². The Balaban J connectivity index is 2.63. The van der Waals surface area contributed by atoms with E-state index in [-0.39, 0.29) is 0 Å². The lowest BCUT2D eigenvalue weighted by Crippen LogP contribution is -2.47. The first-order chi connectivity index (χ1) is 8.65. The van der Waals surface area contributed by atoms with E-state index in [1.54, 1.807) is 13.8 Å². The average Bonchev–Trinajstić information content (AvgIpc) is 2.28. The summed E-state index contributed by atoms with van der Waals surface area (Å²) in [5.41, 5.74) is 0.660. The zero-order valence-corrected chi connectivity index (χ0v) is 13.1. The summed E-state index contributed by atoms with van der Waals surface area (Å²) >= 11 is 6.06. The number of aliphatic hydroxyl groups is 1. The summed E-state index contributed by atoms with van der Waals surface area (Å²) in [6.45, 7) is 9.25. The van der Waals surface area contributed by atoms with Crippen LogP contribution in [0.2, 0.25) is 5.02 Å². The maximum atomic E-state index is 9.98. The van der Waals surface area contributed by atoms with E-state index >= 15 is 0 Å². The van der Waals surface area contributed by atoms with Crippen LogP contribution in [0.4, 0.5) is 0 Å². The van der Waals surface area contributed by atoms with Gasteiger partial charge in [-0.25, -0.2) is 0 Å². The normalized spacial score (nSPS) is 13.0. The number of hydrogen-bond donors (Lipinski definition) is 1. The van der Waals surface area contributed by atoms with Gasteiger partial charge in [0.25, 0.3) is 0 Å². The summed E-state index contributed by atoms with van der Waals surface area (Å²) < 4.78 is 5.72. The number of hydrogen-bond acceptors (Lipinski definition) is 2. The lowest BCUT2D eigenvalue weighted by Gasteiger charge is -2.37. The van der Waals surface area contributed by atoms with E-state index in [1.165, 1.54) is 0 Å². The molecular weight excluding hydrogens is 258 g/mol. The molecule has 0 atom stereocenters. The van der Waals surface area contributed by atoms with Crippen LogP contribution in [-0.4, -0.2) is 23.8 Å². The van der Waals surface area contributed by atoms with Crippen molar-refractivity contribution in [2.45, 2.75) is 45.8 Å². The first kappa shape index (κ1) is 16.3. The molecule has 19 heavy (non-hydrogen) atoms. The summed E-state index contributed by atoms with van der Waals surface area (Å²) in [5.74, 6) is 1.94. The van der Waals surface area contributed by atoms with Crippen molar-refractivity contribution in [1.82, 2.24) is 0 Å². The van der Waals surface area contributed by atoms with Gasteiger partial charge in [0.1, 0.15) is 0 Å². The van der Waals surface area contributed by atoms with Crippen LogP contribution < -0.4 is 0 Å². The van der Waals surface area contributed by atoms with Crippen molar-refractivity contribution in [3.63, 3.8) is 0 Å². The van der Waals surface area contributed by atoms with E-state index in [0.29, 0.717) is 7.48 Å². The highest BCUT2D eigenvalue weighted by Crippen LogP contribution is 2.24. The minimum atomic E-state index is -0.882. The minimum Gasteiger partial charge on any atom is -0.427 e. The summed E-state index contributed by atoms with van der Waals surface area (Å²) in [6.07, 6.45) is 1.99. The lowest BCUT2D eigenvalue weighted by atomic mass is 9.86. The van der Waals surface area contributed by atoms with Crippen LogP contribution in [0.5, 0.6) is 0 Å². The van der Waals surface area contributed by atoms with Gasteiger partial charge in [-0.1, -0.05) is 35.8 Å². The fourth-order valence-electron chi connectivity index (χ4n) is 1.41. The van der Waals surface area contributed by atoms with E-state index in [9.17, 15) is 5.11 Å². The first-order valence-electron chi connectivity index (χ1n) is 6.43. The lowest BCUT2D eigenvalue weighted by molar-refractivity contribution is -0.0894. The van der Waals surface area contributed by atoms with E-state index in [0.717, 1.165) is 16.1 Å². The number of halogens is 1. The molecule has 0 saturated carbocycles. The quantitative estimate of drug-likeness (QED) is 0.836. The molecule has 0 fully saturated rings. The molecule has 0 aromatic heterocycles. The largest absolute Gasteiger partial charge is 0.427 e. The van der Waals surface area contributed by atoms with Gasteiger partial charge in [-0.05, 0) is 51.8 Å². The Morgan fingerprint density at radius 3 is 2.47 bits per heavy atom. The molecule has 0 radical (unpaired) electrons. The molecule has 0 aliphatic carbocycles. The van der Waals surface area contributed by atoms with E-state index in [4.69, 9.17) is 16.3 Å². The molecule has 0 aliphatic heterocycles. The fourth-order valence-corrected chi connectivity index (χ4v) is 1.59. The summed E-state index contributed by atoms with van der Waals surface area (Å²) in [4.78, 5) is 0. The van der Waals surface area contributed by atoms with E-state index in [1.807, 2.05) is 51.0 Å². The Labute approximate surface area is 121 Å². The van der Waals surface area contributed by atoms with Gasteiger partial charge in [-0.2, -0.15) is 0 Å². The second-order valence-corrected chi connectivity index (χ2v) is 6.14. The SMILES string of the molecule is Cc1c(Cl)cccc1/C=C/BOC(C)(C)C(C)(C)O. The minimum absolute atomic E-state index is 0.447. The van der Waals surface area contributed by atoms with Crippen molar-refractivity contribution in [3.8, 4) is 0 Å². The van der Waals surface area contributed by atoms with Gasteiger partial charge < -0.3 is 9.76 Å². The van der Waals surface area contributed by atoms with Gasteiger partial charge in [0.05, 0.1) is 11.2 Å². The predicted octanol–water partition coefficient (Wildman–Crippen LogP) is 3.54. The van der Waals surface area contributed by atoms with Gasteiger partial charge in [0.2, 0.25) is 0 Å². The molecule has 1 N–H and O–H groups in total. The third kappa shape index (κ3) is 4.38. The highest BCUT2D eigenvalue weighted by molar-refractivity contribution is 6.36. The van der Waals surface area contributed by atoms with Gasteiger partial charge >= 0.3 is 7.48 Å². The van der Waals surface area contributed by atoms with Gasteiger partial charge in [0, 0.05) is 5.02 Å². The zero-order valence-electron chi connectivity index (χ0n) is 12.3. The van der Waals surface area contributed by atoms with Crippen LogP contribution in [0, 0.1) is 6.92 Å². The summed E-state index contributed by atoms with van der Waals surface area (Å²) in [5, 5.41) is 10.7. The second-order valence-electron chi connectivity index (χ2n) is 5.74. The van der Waals surface area contributed by atoms with E-state index in [2.05, 4.69) is 0 Å². The standard InChI is InChI=1S/C15H22BClO2/c1-11-12(7-6-8-13(11)17)9-10-16-19-15(4,5)14(2,3)18/h6-10,16,18H,1-5H3/b10-9+. The Kier molecular flexibility index (Phi) is 5.25. The molecule has 2 nitrogen and oxygen atoms in total. The Bertz CT molecular complexity index is 462. The van der Waals surface area contributed by atoms with Crippen molar-refractivity contribution in [1.29, 1.82) is 0 Å². The molecule has 0 aliphatic rings. The second kappa shape index (κ2) is 6.12. The number of benzene rings is 1. The molecule has 0 amide bonds. The van der Waals surface area contributed by atoms with Crippen LogP contribution in [-0.2, 0) is 4.65 Å². The monoisotopic (exact) mass is 280 g/mol. The molecule has 0 bridgehead atoms. The average molecular weight is 281 g/mol. The Morgan fingerprint density at radius 1 is 1.26 bits per heavy atom. The van der Waals surface area contributed by atoms with Gasteiger partial charge in [-0.15, -0.1) is 0 Å². The highest BCUT2D eigenvalue weighted by atomic mass is 35.5.